The van der Waals surface area contributed by atoms with Crippen LogP contribution in [0.15, 0.2) is 35.5 Å². The third-order valence-electron chi connectivity index (χ3n) is 9.96. The summed E-state index contributed by atoms with van der Waals surface area (Å²) in [4.78, 5) is 0. The van der Waals surface area contributed by atoms with E-state index in [1.807, 2.05) is 0 Å². The Bertz CT molecular complexity index is 750. The Balaban J connectivity index is 1.65. The van der Waals surface area contributed by atoms with Gasteiger partial charge in [-0.05, 0) is 91.6 Å². The fourth-order valence-electron chi connectivity index (χ4n) is 7.83. The molecular formula is C32H54O3. The molecule has 3 nitrogen and oxygen atoms in total. The van der Waals surface area contributed by atoms with Crippen molar-refractivity contribution in [2.24, 2.45) is 35.0 Å². The minimum absolute atomic E-state index is 0.142. The molecule has 0 amide bonds. The van der Waals surface area contributed by atoms with Gasteiger partial charge in [-0.15, -0.1) is 0 Å². The molecule has 0 heterocycles. The molecule has 0 aromatic rings. The zero-order valence-electron chi connectivity index (χ0n) is 23.1. The Kier molecular flexibility index (Phi) is 10.7. The number of rotatable bonds is 11. The van der Waals surface area contributed by atoms with Crippen molar-refractivity contribution in [2.75, 3.05) is 6.61 Å². The molecule has 3 saturated carbocycles. The van der Waals surface area contributed by atoms with Crippen LogP contribution in [0.1, 0.15) is 111 Å². The van der Waals surface area contributed by atoms with Crippen molar-refractivity contribution in [3.63, 3.8) is 0 Å². The highest BCUT2D eigenvalue weighted by Gasteiger charge is 2.50. The van der Waals surface area contributed by atoms with Crippen LogP contribution in [0.3, 0.4) is 0 Å². The van der Waals surface area contributed by atoms with Crippen molar-refractivity contribution < 1.29 is 15.3 Å². The van der Waals surface area contributed by atoms with Crippen LogP contribution in [-0.4, -0.2) is 34.1 Å². The molecule has 7 atom stereocenters. The van der Waals surface area contributed by atoms with Crippen LogP contribution in [0.5, 0.6) is 0 Å². The largest absolute Gasteiger partial charge is 0.396 e. The third-order valence-corrected chi connectivity index (χ3v) is 9.96. The van der Waals surface area contributed by atoms with Crippen LogP contribution >= 0.6 is 0 Å². The highest BCUT2D eigenvalue weighted by molar-refractivity contribution is 5.39. The molecule has 0 aromatic heterocycles. The summed E-state index contributed by atoms with van der Waals surface area (Å²) in [6.07, 6.45) is 17.9. The first kappa shape index (κ1) is 28.7. The van der Waals surface area contributed by atoms with E-state index in [0.717, 1.165) is 54.6 Å². The molecule has 3 aliphatic rings. The quantitative estimate of drug-likeness (QED) is 0.267. The maximum absolute atomic E-state index is 10.9. The summed E-state index contributed by atoms with van der Waals surface area (Å²) in [5.41, 5.74) is 3.82. The average Bonchev–Trinajstić information content (AvgIpc) is 3.17. The lowest BCUT2D eigenvalue weighted by Gasteiger charge is -2.44. The van der Waals surface area contributed by atoms with Gasteiger partial charge in [-0.25, -0.2) is 0 Å². The average molecular weight is 487 g/mol. The van der Waals surface area contributed by atoms with E-state index in [-0.39, 0.29) is 12.5 Å². The Labute approximate surface area is 215 Å². The molecule has 0 radical (unpaired) electrons. The van der Waals surface area contributed by atoms with Crippen molar-refractivity contribution >= 4 is 0 Å². The van der Waals surface area contributed by atoms with E-state index in [9.17, 15) is 10.2 Å². The second kappa shape index (κ2) is 13.1. The predicted molar refractivity (Wildman–Crippen MR) is 147 cm³/mol. The molecule has 0 saturated heterocycles. The number of allylic oxidation sites excluding steroid dienone is 3. The molecular weight excluding hydrogens is 432 g/mol. The van der Waals surface area contributed by atoms with Gasteiger partial charge in [0.2, 0.25) is 0 Å². The summed E-state index contributed by atoms with van der Waals surface area (Å²) >= 11 is 0. The lowest BCUT2D eigenvalue weighted by atomic mass is 9.60. The van der Waals surface area contributed by atoms with Gasteiger partial charge in [0.15, 0.2) is 0 Å². The zero-order chi connectivity index (χ0) is 25.6. The maximum Gasteiger partial charge on any atom is 0.0839 e. The molecule has 0 aromatic carbocycles. The number of unbranched alkanes of at least 4 members (excludes halogenated alkanes) is 2. The van der Waals surface area contributed by atoms with Crippen molar-refractivity contribution in [1.82, 2.24) is 0 Å². The van der Waals surface area contributed by atoms with Crippen molar-refractivity contribution in [1.29, 1.82) is 0 Å². The molecule has 3 fully saturated rings. The molecule has 0 unspecified atom stereocenters. The van der Waals surface area contributed by atoms with E-state index >= 15 is 0 Å². The van der Waals surface area contributed by atoms with Crippen molar-refractivity contribution in [3.05, 3.63) is 35.5 Å². The van der Waals surface area contributed by atoms with Crippen molar-refractivity contribution in [3.8, 4) is 0 Å². The molecule has 200 valence electrons. The minimum atomic E-state index is -0.670. The van der Waals surface area contributed by atoms with E-state index in [1.54, 1.807) is 5.57 Å². The molecule has 0 spiro atoms. The first-order valence-electron chi connectivity index (χ1n) is 14.7. The van der Waals surface area contributed by atoms with Crippen LogP contribution in [0.2, 0.25) is 0 Å². The second-order valence-corrected chi connectivity index (χ2v) is 12.8. The van der Waals surface area contributed by atoms with Gasteiger partial charge >= 0.3 is 0 Å². The van der Waals surface area contributed by atoms with Crippen LogP contribution in [0, 0.1) is 35.0 Å². The van der Waals surface area contributed by atoms with Gasteiger partial charge in [0.1, 0.15) is 0 Å². The maximum atomic E-state index is 10.9. The van der Waals surface area contributed by atoms with Crippen LogP contribution in [0.25, 0.3) is 0 Å². The normalized spacial score (nSPS) is 36.8. The number of aliphatic hydroxyl groups is 3. The van der Waals surface area contributed by atoms with Gasteiger partial charge < -0.3 is 15.3 Å². The van der Waals surface area contributed by atoms with Gasteiger partial charge in [0.25, 0.3) is 0 Å². The van der Waals surface area contributed by atoms with E-state index in [4.69, 9.17) is 5.11 Å². The molecule has 0 aliphatic heterocycles. The standard InChI is InChI=1S/C32H54O3/c1-22(2)11-9-12-23(3)28-17-18-29-25(13-10-19-32(28,29)5)15-16-26-21-30(34)27(31(35)24(26)4)14-7-6-8-20-33/h15-16,22-23,27-31,33-35H,4,6-14,17-21H2,1-3,5H3/b25-15+,26-16-/t23-,27-,28-,29+,30-,31-,32-/m1/s1. The molecule has 0 bridgehead atoms. The smallest absolute Gasteiger partial charge is 0.0839 e. The number of hydrogen-bond donors (Lipinski definition) is 3. The van der Waals surface area contributed by atoms with Crippen molar-refractivity contribution in [2.45, 2.75) is 123 Å². The molecule has 3 aliphatic carbocycles. The Morgan fingerprint density at radius 3 is 2.51 bits per heavy atom. The zero-order valence-corrected chi connectivity index (χ0v) is 23.1. The summed E-state index contributed by atoms with van der Waals surface area (Å²) in [6.45, 7) is 14.2. The summed E-state index contributed by atoms with van der Waals surface area (Å²) in [5, 5.41) is 30.7. The van der Waals surface area contributed by atoms with Gasteiger partial charge in [-0.3, -0.25) is 0 Å². The van der Waals surface area contributed by atoms with E-state index in [0.29, 0.717) is 17.8 Å². The van der Waals surface area contributed by atoms with Crippen LogP contribution in [-0.2, 0) is 0 Å². The fraction of sp³-hybridized carbons (Fsp3) is 0.812. The van der Waals surface area contributed by atoms with Gasteiger partial charge in [-0.2, -0.15) is 0 Å². The topological polar surface area (TPSA) is 60.7 Å². The molecule has 3 rings (SSSR count). The predicted octanol–water partition coefficient (Wildman–Crippen LogP) is 7.37. The monoisotopic (exact) mass is 486 g/mol. The fourth-order valence-corrected chi connectivity index (χ4v) is 7.83. The summed E-state index contributed by atoms with van der Waals surface area (Å²) in [6, 6.07) is 0. The first-order chi connectivity index (χ1) is 16.7. The highest BCUT2D eigenvalue weighted by Crippen LogP contribution is 2.60. The lowest BCUT2D eigenvalue weighted by Crippen LogP contribution is -2.38. The van der Waals surface area contributed by atoms with E-state index in [1.165, 1.54) is 51.4 Å². The summed E-state index contributed by atoms with van der Waals surface area (Å²) < 4.78 is 0. The number of aliphatic hydroxyl groups excluding tert-OH is 3. The Hall–Kier alpha value is -0.900. The third kappa shape index (κ3) is 6.90. The summed E-state index contributed by atoms with van der Waals surface area (Å²) in [7, 11) is 0. The SMILES string of the molecule is C=C1/C(=C\C=C2/CCC[C@]3(C)[C@@H]([C@H](C)CCCC(C)C)CC[C@@H]23)C[C@@H](O)[C@@H](CCCCCO)[C@@H]1O. The second-order valence-electron chi connectivity index (χ2n) is 12.8. The van der Waals surface area contributed by atoms with E-state index < -0.39 is 12.2 Å². The number of fused-ring (bicyclic) bond motifs is 1. The minimum Gasteiger partial charge on any atom is -0.396 e. The molecule has 35 heavy (non-hydrogen) atoms. The van der Waals surface area contributed by atoms with Gasteiger partial charge in [-0.1, -0.05) is 84.1 Å². The lowest BCUT2D eigenvalue weighted by molar-refractivity contribution is 0.0128. The Morgan fingerprint density at radius 1 is 1.03 bits per heavy atom. The van der Waals surface area contributed by atoms with Crippen LogP contribution < -0.4 is 0 Å². The summed E-state index contributed by atoms with van der Waals surface area (Å²) in [5.74, 6) is 2.97. The van der Waals surface area contributed by atoms with E-state index in [2.05, 4.69) is 46.4 Å². The Morgan fingerprint density at radius 2 is 1.80 bits per heavy atom. The van der Waals surface area contributed by atoms with Gasteiger partial charge in [0, 0.05) is 12.5 Å². The van der Waals surface area contributed by atoms with Crippen LogP contribution in [0.4, 0.5) is 0 Å². The first-order valence-corrected chi connectivity index (χ1v) is 14.7. The highest BCUT2D eigenvalue weighted by atomic mass is 16.3. The number of hydrogen-bond acceptors (Lipinski definition) is 3. The van der Waals surface area contributed by atoms with Gasteiger partial charge in [0.05, 0.1) is 12.2 Å². The molecule has 3 heteroatoms. The molecule has 3 N–H and O–H groups in total.